The SMILES string of the molecule is CCCCc1nc2ccccc2c(=O)n1Cc1ccc(-c2ccccc2S(=O)(=O)Nc2onc(C)c2C)cc1. The van der Waals surface area contributed by atoms with Gasteiger partial charge in [-0.3, -0.25) is 9.36 Å². The first-order valence-electron chi connectivity index (χ1n) is 12.9. The summed E-state index contributed by atoms with van der Waals surface area (Å²) in [5.74, 6) is 0.871. The molecule has 1 N–H and O–H groups in total. The zero-order chi connectivity index (χ0) is 27.6. The average molecular weight is 543 g/mol. The van der Waals surface area contributed by atoms with Gasteiger partial charge in [0.15, 0.2) is 0 Å². The van der Waals surface area contributed by atoms with Crippen molar-refractivity contribution in [2.75, 3.05) is 4.72 Å². The molecule has 200 valence electrons. The molecule has 5 rings (SSSR count). The van der Waals surface area contributed by atoms with Crippen LogP contribution < -0.4 is 10.3 Å². The van der Waals surface area contributed by atoms with E-state index in [4.69, 9.17) is 9.51 Å². The molecule has 0 unspecified atom stereocenters. The molecule has 0 saturated heterocycles. The highest BCUT2D eigenvalue weighted by molar-refractivity contribution is 7.92. The van der Waals surface area contributed by atoms with Gasteiger partial charge in [0.2, 0.25) is 5.88 Å². The normalized spacial score (nSPS) is 11.7. The highest BCUT2D eigenvalue weighted by Crippen LogP contribution is 2.30. The highest BCUT2D eigenvalue weighted by Gasteiger charge is 2.22. The molecule has 0 fully saturated rings. The van der Waals surface area contributed by atoms with Gasteiger partial charge in [0.1, 0.15) is 5.82 Å². The van der Waals surface area contributed by atoms with Crippen molar-refractivity contribution >= 4 is 26.8 Å². The molecule has 2 aromatic heterocycles. The van der Waals surface area contributed by atoms with Gasteiger partial charge in [0, 0.05) is 17.5 Å². The third kappa shape index (κ3) is 5.35. The van der Waals surface area contributed by atoms with Crippen LogP contribution in [0, 0.1) is 13.8 Å². The third-order valence-corrected chi connectivity index (χ3v) is 8.25. The summed E-state index contributed by atoms with van der Waals surface area (Å²) in [5.41, 5.74) is 4.12. The minimum Gasteiger partial charge on any atom is -0.337 e. The van der Waals surface area contributed by atoms with Crippen molar-refractivity contribution in [3.05, 3.63) is 106 Å². The van der Waals surface area contributed by atoms with E-state index in [1.807, 2.05) is 42.5 Å². The molecule has 0 amide bonds. The van der Waals surface area contributed by atoms with Gasteiger partial charge in [0.05, 0.1) is 28.0 Å². The first-order chi connectivity index (χ1) is 18.8. The number of aryl methyl sites for hydroxylation is 2. The smallest absolute Gasteiger partial charge is 0.264 e. The van der Waals surface area contributed by atoms with Crippen LogP contribution in [-0.4, -0.2) is 23.1 Å². The number of fused-ring (bicyclic) bond motifs is 1. The Morgan fingerprint density at radius 1 is 0.949 bits per heavy atom. The fraction of sp³-hybridized carbons (Fsp3) is 0.233. The number of anilines is 1. The number of para-hydroxylation sites is 1. The fourth-order valence-electron chi connectivity index (χ4n) is 4.50. The van der Waals surface area contributed by atoms with E-state index in [9.17, 15) is 13.2 Å². The second-order valence-electron chi connectivity index (χ2n) is 9.56. The molecule has 0 aliphatic heterocycles. The van der Waals surface area contributed by atoms with E-state index >= 15 is 0 Å². The lowest BCUT2D eigenvalue weighted by molar-refractivity contribution is 0.430. The number of rotatable bonds is 9. The van der Waals surface area contributed by atoms with E-state index < -0.39 is 10.0 Å². The summed E-state index contributed by atoms with van der Waals surface area (Å²) < 4.78 is 36.0. The monoisotopic (exact) mass is 542 g/mol. The maximum Gasteiger partial charge on any atom is 0.264 e. The Morgan fingerprint density at radius 3 is 2.38 bits per heavy atom. The van der Waals surface area contributed by atoms with E-state index in [1.165, 1.54) is 0 Å². The molecule has 9 heteroatoms. The van der Waals surface area contributed by atoms with Crippen LogP contribution >= 0.6 is 0 Å². The molecule has 8 nitrogen and oxygen atoms in total. The Hall–Kier alpha value is -4.24. The highest BCUT2D eigenvalue weighted by atomic mass is 32.2. The predicted molar refractivity (Wildman–Crippen MR) is 152 cm³/mol. The Balaban J connectivity index is 1.47. The molecule has 2 heterocycles. The van der Waals surface area contributed by atoms with Gasteiger partial charge in [-0.2, -0.15) is 0 Å². The van der Waals surface area contributed by atoms with Crippen molar-refractivity contribution < 1.29 is 12.9 Å². The molecule has 0 bridgehead atoms. The van der Waals surface area contributed by atoms with E-state index in [0.717, 1.165) is 36.2 Å². The number of aromatic nitrogens is 3. The number of unbranched alkanes of at least 4 members (excludes halogenated alkanes) is 1. The van der Waals surface area contributed by atoms with Crippen molar-refractivity contribution in [2.45, 2.75) is 51.5 Å². The molecule has 5 aromatic rings. The quantitative estimate of drug-likeness (QED) is 0.250. The van der Waals surface area contributed by atoms with Crippen LogP contribution in [-0.2, 0) is 23.0 Å². The lowest BCUT2D eigenvalue weighted by Gasteiger charge is -2.15. The van der Waals surface area contributed by atoms with E-state index in [-0.39, 0.29) is 16.3 Å². The van der Waals surface area contributed by atoms with Crippen molar-refractivity contribution in [3.63, 3.8) is 0 Å². The molecule has 3 aromatic carbocycles. The summed E-state index contributed by atoms with van der Waals surface area (Å²) in [6, 6.07) is 21.8. The first-order valence-corrected chi connectivity index (χ1v) is 14.4. The van der Waals surface area contributed by atoms with Crippen LogP contribution in [0.1, 0.15) is 42.4 Å². The first kappa shape index (κ1) is 26.4. The average Bonchev–Trinajstić information content (AvgIpc) is 3.25. The third-order valence-electron chi connectivity index (χ3n) is 6.86. The molecule has 0 atom stereocenters. The molecule has 39 heavy (non-hydrogen) atoms. The van der Waals surface area contributed by atoms with Gasteiger partial charge in [-0.15, -0.1) is 0 Å². The van der Waals surface area contributed by atoms with Gasteiger partial charge in [-0.1, -0.05) is 73.1 Å². The van der Waals surface area contributed by atoms with Gasteiger partial charge < -0.3 is 4.52 Å². The minimum absolute atomic E-state index is 0.0590. The molecule has 0 saturated carbocycles. The van der Waals surface area contributed by atoms with Crippen molar-refractivity contribution in [1.82, 2.24) is 14.7 Å². The van der Waals surface area contributed by atoms with Crippen LogP contribution in [0.4, 0.5) is 5.88 Å². The Bertz CT molecular complexity index is 1810. The molecule has 0 aliphatic carbocycles. The number of nitrogens with zero attached hydrogens (tertiary/aromatic N) is 3. The topological polar surface area (TPSA) is 107 Å². The van der Waals surface area contributed by atoms with Crippen molar-refractivity contribution in [2.24, 2.45) is 0 Å². The van der Waals surface area contributed by atoms with Crippen LogP contribution in [0.5, 0.6) is 0 Å². The fourth-order valence-corrected chi connectivity index (χ4v) is 5.78. The number of hydrogen-bond acceptors (Lipinski definition) is 6. The summed E-state index contributed by atoms with van der Waals surface area (Å²) in [4.78, 5) is 18.3. The second kappa shape index (κ2) is 10.9. The largest absolute Gasteiger partial charge is 0.337 e. The lowest BCUT2D eigenvalue weighted by Crippen LogP contribution is -2.26. The van der Waals surface area contributed by atoms with Crippen LogP contribution in [0.25, 0.3) is 22.0 Å². The van der Waals surface area contributed by atoms with Crippen molar-refractivity contribution in [3.8, 4) is 11.1 Å². The van der Waals surface area contributed by atoms with Gasteiger partial charge in [0.25, 0.3) is 15.6 Å². The Kier molecular flexibility index (Phi) is 7.34. The Morgan fingerprint density at radius 2 is 1.67 bits per heavy atom. The zero-order valence-electron chi connectivity index (χ0n) is 22.1. The van der Waals surface area contributed by atoms with E-state index in [1.54, 1.807) is 48.7 Å². The standard InChI is InChI=1S/C30H30N4O4S/c1-4-5-14-28-31-26-12-8-6-11-25(26)30(35)34(28)19-22-15-17-23(18-16-22)24-10-7-9-13-27(24)39(36,37)33-29-20(2)21(3)32-38-29/h6-13,15-18,33H,4-5,14,19H2,1-3H3. The minimum atomic E-state index is -3.94. The van der Waals surface area contributed by atoms with Gasteiger partial charge in [-0.25, -0.2) is 18.1 Å². The molecule has 0 aliphatic rings. The number of nitrogens with one attached hydrogen (secondary N) is 1. The summed E-state index contributed by atoms with van der Waals surface area (Å²) in [6.45, 7) is 5.99. The number of hydrogen-bond donors (Lipinski definition) is 1. The number of sulfonamides is 1. The maximum atomic E-state index is 13.4. The van der Waals surface area contributed by atoms with Crippen LogP contribution in [0.2, 0.25) is 0 Å². The summed E-state index contributed by atoms with van der Waals surface area (Å²) in [5, 5.41) is 4.43. The summed E-state index contributed by atoms with van der Waals surface area (Å²) in [7, 11) is -3.94. The van der Waals surface area contributed by atoms with Gasteiger partial charge >= 0.3 is 0 Å². The molecule has 0 spiro atoms. The van der Waals surface area contributed by atoms with Crippen molar-refractivity contribution in [1.29, 1.82) is 0 Å². The van der Waals surface area contributed by atoms with Crippen LogP contribution in [0.3, 0.4) is 0 Å². The molecular weight excluding hydrogens is 512 g/mol. The maximum absolute atomic E-state index is 13.4. The Labute approximate surface area is 227 Å². The molecular formula is C30H30N4O4S. The van der Waals surface area contributed by atoms with E-state index in [0.29, 0.717) is 34.3 Å². The second-order valence-corrected chi connectivity index (χ2v) is 11.2. The zero-order valence-corrected chi connectivity index (χ0v) is 23.0. The summed E-state index contributed by atoms with van der Waals surface area (Å²) in [6.07, 6.45) is 2.66. The molecule has 0 radical (unpaired) electrons. The van der Waals surface area contributed by atoms with Gasteiger partial charge in [-0.05, 0) is 49.6 Å². The summed E-state index contributed by atoms with van der Waals surface area (Å²) >= 11 is 0. The lowest BCUT2D eigenvalue weighted by atomic mass is 10.0. The van der Waals surface area contributed by atoms with Crippen LogP contribution in [0.15, 0.2) is 87.0 Å². The number of benzene rings is 3. The predicted octanol–water partition coefficient (Wildman–Crippen LogP) is 5.86. The van der Waals surface area contributed by atoms with E-state index in [2.05, 4.69) is 16.8 Å².